The van der Waals surface area contributed by atoms with Gasteiger partial charge in [-0.3, -0.25) is 0 Å². The number of nitrogens with zero attached hydrogens (tertiary/aromatic N) is 2. The lowest BCUT2D eigenvalue weighted by Crippen LogP contribution is -2.48. The van der Waals surface area contributed by atoms with E-state index in [0.717, 1.165) is 49.7 Å². The van der Waals surface area contributed by atoms with Gasteiger partial charge in [0.2, 0.25) is 0 Å². The fourth-order valence-corrected chi connectivity index (χ4v) is 4.29. The number of carbonyl (C=O) groups is 1. The van der Waals surface area contributed by atoms with Crippen molar-refractivity contribution in [2.24, 2.45) is 4.99 Å². The first kappa shape index (κ1) is 22.9. The molecule has 0 spiro atoms. The van der Waals surface area contributed by atoms with E-state index in [1.165, 1.54) is 5.00 Å². The molecule has 0 unspecified atom stereocenters. The van der Waals surface area contributed by atoms with Gasteiger partial charge < -0.3 is 26.2 Å². The van der Waals surface area contributed by atoms with Crippen molar-refractivity contribution in [3.8, 4) is 0 Å². The molecule has 0 radical (unpaired) electrons. The van der Waals surface area contributed by atoms with Crippen LogP contribution in [0.5, 0.6) is 0 Å². The maximum absolute atomic E-state index is 11.8. The van der Waals surface area contributed by atoms with E-state index in [-0.39, 0.29) is 12.1 Å². The molecule has 1 saturated heterocycles. The standard InChI is InChI=1S/C23H34N6OS/c1-4-24-22(27-20-11-13-29(14-12-20)21-6-5-15-31-21)25-16-18-7-9-19(10-8-18)28-23(30)26-17(2)3/h5-10,15,17,20H,4,11-14,16H2,1-3H3,(H2,24,25,27)(H2,26,28,30). The molecule has 1 aromatic carbocycles. The Morgan fingerprint density at radius 1 is 1.19 bits per heavy atom. The zero-order valence-electron chi connectivity index (χ0n) is 18.6. The van der Waals surface area contributed by atoms with Crippen LogP contribution in [0.25, 0.3) is 0 Å². The Bertz CT molecular complexity index is 826. The number of urea groups is 1. The van der Waals surface area contributed by atoms with E-state index in [2.05, 4.69) is 50.6 Å². The molecule has 2 amide bonds. The van der Waals surface area contributed by atoms with E-state index in [1.807, 2.05) is 49.4 Å². The van der Waals surface area contributed by atoms with Crippen molar-refractivity contribution >= 4 is 34.0 Å². The highest BCUT2D eigenvalue weighted by Gasteiger charge is 2.20. The number of piperidine rings is 1. The van der Waals surface area contributed by atoms with Gasteiger partial charge >= 0.3 is 6.03 Å². The molecule has 31 heavy (non-hydrogen) atoms. The number of hydrogen-bond donors (Lipinski definition) is 4. The number of nitrogens with one attached hydrogen (secondary N) is 4. The molecule has 0 atom stereocenters. The summed E-state index contributed by atoms with van der Waals surface area (Å²) >= 11 is 1.81. The van der Waals surface area contributed by atoms with Crippen LogP contribution in [0.15, 0.2) is 46.8 Å². The topological polar surface area (TPSA) is 80.8 Å². The molecular weight excluding hydrogens is 408 g/mol. The van der Waals surface area contributed by atoms with Crippen LogP contribution in [-0.2, 0) is 6.54 Å². The molecule has 1 aliphatic rings. The van der Waals surface area contributed by atoms with Crippen molar-refractivity contribution in [1.82, 2.24) is 16.0 Å². The van der Waals surface area contributed by atoms with Gasteiger partial charge in [-0.1, -0.05) is 12.1 Å². The van der Waals surface area contributed by atoms with Crippen LogP contribution in [0.1, 0.15) is 39.2 Å². The molecule has 1 aliphatic heterocycles. The highest BCUT2D eigenvalue weighted by atomic mass is 32.1. The summed E-state index contributed by atoms with van der Waals surface area (Å²) in [5, 5.41) is 16.1. The van der Waals surface area contributed by atoms with Gasteiger partial charge in [-0.15, -0.1) is 11.3 Å². The Labute approximate surface area is 189 Å². The Hall–Kier alpha value is -2.74. The van der Waals surface area contributed by atoms with Gasteiger partial charge in [-0.25, -0.2) is 9.79 Å². The van der Waals surface area contributed by atoms with Gasteiger partial charge in [0.15, 0.2) is 5.96 Å². The SMILES string of the molecule is CCNC(=NCc1ccc(NC(=O)NC(C)C)cc1)NC1CCN(c2cccs2)CC1. The largest absolute Gasteiger partial charge is 0.363 e. The van der Waals surface area contributed by atoms with Gasteiger partial charge in [-0.2, -0.15) is 0 Å². The second-order valence-corrected chi connectivity index (χ2v) is 8.93. The summed E-state index contributed by atoms with van der Waals surface area (Å²) in [6, 6.07) is 12.5. The minimum Gasteiger partial charge on any atom is -0.363 e. The van der Waals surface area contributed by atoms with E-state index < -0.39 is 0 Å². The van der Waals surface area contributed by atoms with E-state index in [1.54, 1.807) is 0 Å². The first-order valence-corrected chi connectivity index (χ1v) is 11.9. The summed E-state index contributed by atoms with van der Waals surface area (Å²) < 4.78 is 0. The normalized spacial score (nSPS) is 15.1. The maximum Gasteiger partial charge on any atom is 0.319 e. The molecule has 7 nitrogen and oxygen atoms in total. The molecule has 1 fully saturated rings. The summed E-state index contributed by atoms with van der Waals surface area (Å²) in [6.45, 7) is 9.50. The van der Waals surface area contributed by atoms with Gasteiger partial charge in [0.25, 0.3) is 0 Å². The van der Waals surface area contributed by atoms with Crippen molar-refractivity contribution in [3.05, 3.63) is 47.3 Å². The minimum absolute atomic E-state index is 0.105. The second kappa shape index (κ2) is 11.6. The molecule has 0 aliphatic carbocycles. The molecule has 8 heteroatoms. The van der Waals surface area contributed by atoms with Gasteiger partial charge in [0.05, 0.1) is 11.5 Å². The van der Waals surface area contributed by atoms with Crippen LogP contribution >= 0.6 is 11.3 Å². The van der Waals surface area contributed by atoms with E-state index in [4.69, 9.17) is 4.99 Å². The first-order chi connectivity index (χ1) is 15.0. The van der Waals surface area contributed by atoms with Crippen LogP contribution in [0.2, 0.25) is 0 Å². The van der Waals surface area contributed by atoms with Crippen LogP contribution in [-0.4, -0.2) is 43.7 Å². The first-order valence-electron chi connectivity index (χ1n) is 11.0. The Morgan fingerprint density at radius 3 is 2.55 bits per heavy atom. The molecule has 3 rings (SSSR count). The lowest BCUT2D eigenvalue weighted by molar-refractivity contribution is 0.250. The minimum atomic E-state index is -0.190. The van der Waals surface area contributed by atoms with E-state index >= 15 is 0 Å². The second-order valence-electron chi connectivity index (χ2n) is 8.00. The summed E-state index contributed by atoms with van der Waals surface area (Å²) in [5.74, 6) is 0.857. The Balaban J connectivity index is 1.49. The predicted octanol–water partition coefficient (Wildman–Crippen LogP) is 4.00. The van der Waals surface area contributed by atoms with E-state index in [0.29, 0.717) is 12.6 Å². The predicted molar refractivity (Wildman–Crippen MR) is 131 cm³/mol. The zero-order valence-corrected chi connectivity index (χ0v) is 19.5. The molecule has 2 heterocycles. The molecule has 1 aromatic heterocycles. The van der Waals surface area contributed by atoms with Crippen LogP contribution in [0, 0.1) is 0 Å². The smallest absolute Gasteiger partial charge is 0.319 e. The molecular formula is C23H34N6OS. The monoisotopic (exact) mass is 442 g/mol. The number of guanidine groups is 1. The van der Waals surface area contributed by atoms with Crippen molar-refractivity contribution in [2.45, 2.75) is 52.2 Å². The number of rotatable bonds is 7. The van der Waals surface area contributed by atoms with E-state index in [9.17, 15) is 4.79 Å². The number of anilines is 2. The molecule has 2 aromatic rings. The van der Waals surface area contributed by atoms with Gasteiger partial charge in [0.1, 0.15) is 0 Å². The van der Waals surface area contributed by atoms with Gasteiger partial charge in [-0.05, 0) is 68.8 Å². The number of carbonyl (C=O) groups excluding carboxylic acids is 1. The fraction of sp³-hybridized carbons (Fsp3) is 0.478. The van der Waals surface area contributed by atoms with Crippen molar-refractivity contribution in [2.75, 3.05) is 29.9 Å². The van der Waals surface area contributed by atoms with Crippen molar-refractivity contribution in [1.29, 1.82) is 0 Å². The number of aliphatic imine (C=N–C) groups is 1. The highest BCUT2D eigenvalue weighted by molar-refractivity contribution is 7.14. The lowest BCUT2D eigenvalue weighted by atomic mass is 10.1. The number of thiophene rings is 1. The summed E-state index contributed by atoms with van der Waals surface area (Å²) in [6.07, 6.45) is 2.20. The summed E-state index contributed by atoms with van der Waals surface area (Å²) in [7, 11) is 0. The summed E-state index contributed by atoms with van der Waals surface area (Å²) in [4.78, 5) is 19.0. The van der Waals surface area contributed by atoms with Crippen molar-refractivity contribution < 1.29 is 4.79 Å². The van der Waals surface area contributed by atoms with Crippen LogP contribution in [0.4, 0.5) is 15.5 Å². The number of benzene rings is 1. The van der Waals surface area contributed by atoms with Crippen LogP contribution < -0.4 is 26.2 Å². The van der Waals surface area contributed by atoms with Gasteiger partial charge in [0, 0.05) is 37.4 Å². The third-order valence-electron chi connectivity index (χ3n) is 5.05. The van der Waals surface area contributed by atoms with Crippen molar-refractivity contribution in [3.63, 3.8) is 0 Å². The molecule has 4 N–H and O–H groups in total. The highest BCUT2D eigenvalue weighted by Crippen LogP contribution is 2.24. The average molecular weight is 443 g/mol. The molecule has 0 bridgehead atoms. The third-order valence-corrected chi connectivity index (χ3v) is 5.98. The number of amides is 2. The summed E-state index contributed by atoms with van der Waals surface area (Å²) in [5.41, 5.74) is 1.87. The third kappa shape index (κ3) is 7.47. The Kier molecular flexibility index (Phi) is 8.58. The molecule has 168 valence electrons. The zero-order chi connectivity index (χ0) is 22.1. The lowest BCUT2D eigenvalue weighted by Gasteiger charge is -2.33. The van der Waals surface area contributed by atoms with Crippen LogP contribution in [0.3, 0.4) is 0 Å². The average Bonchev–Trinajstić information content (AvgIpc) is 3.28. The maximum atomic E-state index is 11.8. The fourth-order valence-electron chi connectivity index (χ4n) is 3.50. The number of hydrogen-bond acceptors (Lipinski definition) is 4. The Morgan fingerprint density at radius 2 is 1.94 bits per heavy atom. The quantitative estimate of drug-likeness (QED) is 0.386. The molecule has 0 saturated carbocycles.